The van der Waals surface area contributed by atoms with E-state index < -0.39 is 17.5 Å². The van der Waals surface area contributed by atoms with Crippen molar-refractivity contribution in [2.24, 2.45) is 0 Å². The number of ether oxygens (including phenoxy) is 4. The molecule has 116 valence electrons. The van der Waals surface area contributed by atoms with E-state index in [0.29, 0.717) is 0 Å². The number of hydrogen-bond acceptors (Lipinski definition) is 6. The molecule has 1 unspecified atom stereocenters. The first-order valence-corrected chi connectivity index (χ1v) is 6.50. The molecule has 0 saturated heterocycles. The van der Waals surface area contributed by atoms with Crippen LogP contribution in [0.5, 0.6) is 0 Å². The van der Waals surface area contributed by atoms with Crippen LogP contribution in [0.15, 0.2) is 12.7 Å². The molecular weight excluding hydrogens is 264 g/mol. The summed E-state index contributed by atoms with van der Waals surface area (Å²) in [6.45, 7) is 8.74. The summed E-state index contributed by atoms with van der Waals surface area (Å²) in [6, 6.07) is 0. The quantitative estimate of drug-likeness (QED) is 0.344. The van der Waals surface area contributed by atoms with Crippen LogP contribution in [0.25, 0.3) is 0 Å². The van der Waals surface area contributed by atoms with Crippen LogP contribution in [0, 0.1) is 0 Å². The van der Waals surface area contributed by atoms with Gasteiger partial charge in [0.25, 0.3) is 0 Å². The highest BCUT2D eigenvalue weighted by atomic mass is 16.6. The van der Waals surface area contributed by atoms with Gasteiger partial charge in [-0.3, -0.25) is 0 Å². The van der Waals surface area contributed by atoms with Crippen molar-refractivity contribution >= 4 is 11.9 Å². The van der Waals surface area contributed by atoms with Gasteiger partial charge in [0.2, 0.25) is 0 Å². The molecule has 0 aliphatic carbocycles. The number of carbonyl (C=O) groups is 2. The fourth-order valence-electron chi connectivity index (χ4n) is 1.25. The zero-order valence-electron chi connectivity index (χ0n) is 12.6. The third-order valence-electron chi connectivity index (χ3n) is 2.64. The van der Waals surface area contributed by atoms with Crippen molar-refractivity contribution in [1.29, 1.82) is 0 Å². The van der Waals surface area contributed by atoms with E-state index in [1.54, 1.807) is 21.0 Å². The molecule has 0 aliphatic heterocycles. The Morgan fingerprint density at radius 3 is 2.40 bits per heavy atom. The molecule has 0 bridgehead atoms. The van der Waals surface area contributed by atoms with Crippen LogP contribution in [0.1, 0.15) is 27.2 Å². The van der Waals surface area contributed by atoms with E-state index in [1.807, 2.05) is 6.92 Å². The first-order chi connectivity index (χ1) is 9.37. The largest absolute Gasteiger partial charge is 0.461 e. The molecule has 0 aromatic carbocycles. The fraction of sp³-hybridized carbons (Fsp3) is 0.714. The molecule has 0 N–H and O–H groups in total. The third kappa shape index (κ3) is 7.25. The summed E-state index contributed by atoms with van der Waals surface area (Å²) in [5, 5.41) is 0. The molecule has 6 nitrogen and oxygen atoms in total. The van der Waals surface area contributed by atoms with Gasteiger partial charge in [0.05, 0.1) is 12.7 Å². The molecule has 0 rings (SSSR count). The van der Waals surface area contributed by atoms with Crippen LogP contribution >= 0.6 is 0 Å². The first-order valence-electron chi connectivity index (χ1n) is 6.50. The van der Waals surface area contributed by atoms with Crippen LogP contribution in [-0.2, 0) is 28.5 Å². The van der Waals surface area contributed by atoms with Crippen LogP contribution in [0.4, 0.5) is 0 Å². The van der Waals surface area contributed by atoms with Gasteiger partial charge in [-0.15, -0.1) is 0 Å². The van der Waals surface area contributed by atoms with Crippen molar-refractivity contribution in [3.63, 3.8) is 0 Å². The van der Waals surface area contributed by atoms with Crippen molar-refractivity contribution < 1.29 is 28.5 Å². The predicted molar refractivity (Wildman–Crippen MR) is 73.2 cm³/mol. The summed E-state index contributed by atoms with van der Waals surface area (Å²) in [6.07, 6.45) is 1.70. The van der Waals surface area contributed by atoms with Gasteiger partial charge in [-0.25, -0.2) is 9.59 Å². The number of hydrogen-bond donors (Lipinski definition) is 0. The summed E-state index contributed by atoms with van der Waals surface area (Å²) >= 11 is 0. The van der Waals surface area contributed by atoms with Crippen molar-refractivity contribution in [1.82, 2.24) is 0 Å². The summed E-state index contributed by atoms with van der Waals surface area (Å²) in [5.74, 6) is -1.01. The maximum atomic E-state index is 11.9. The normalized spacial score (nSPS) is 12.6. The Labute approximate surface area is 120 Å². The van der Waals surface area contributed by atoms with Gasteiger partial charge in [-0.1, -0.05) is 13.5 Å². The van der Waals surface area contributed by atoms with E-state index >= 15 is 0 Å². The minimum Gasteiger partial charge on any atom is -0.461 e. The molecule has 0 radical (unpaired) electrons. The lowest BCUT2D eigenvalue weighted by Gasteiger charge is -2.24. The fourth-order valence-corrected chi connectivity index (χ4v) is 1.25. The van der Waals surface area contributed by atoms with Gasteiger partial charge in [-0.2, -0.15) is 0 Å². The maximum Gasteiger partial charge on any atom is 0.337 e. The molecule has 20 heavy (non-hydrogen) atoms. The topological polar surface area (TPSA) is 71.1 Å². The Hall–Kier alpha value is -1.40. The Balaban J connectivity index is 4.04. The SMILES string of the molecule is C=CC(=O)OCCOC(C)(C)C(=O)OCC(CC)OC. The molecule has 0 fully saturated rings. The zero-order valence-corrected chi connectivity index (χ0v) is 12.6. The first kappa shape index (κ1) is 18.6. The zero-order chi connectivity index (χ0) is 15.6. The average Bonchev–Trinajstić information content (AvgIpc) is 2.44. The second kappa shape index (κ2) is 9.50. The summed E-state index contributed by atoms with van der Waals surface area (Å²) < 4.78 is 20.4. The van der Waals surface area contributed by atoms with Crippen LogP contribution < -0.4 is 0 Å². The molecule has 0 aliphatic rings. The molecule has 6 heteroatoms. The molecule has 0 saturated carbocycles. The van der Waals surface area contributed by atoms with Gasteiger partial charge >= 0.3 is 11.9 Å². The standard InChI is InChI=1S/C14H24O6/c1-6-11(17-5)10-19-13(16)14(3,4)20-9-8-18-12(15)7-2/h7,11H,2,6,8-10H2,1,3-5H3. The van der Waals surface area contributed by atoms with Gasteiger partial charge < -0.3 is 18.9 Å². The minimum atomic E-state index is -1.10. The average molecular weight is 288 g/mol. The molecule has 0 spiro atoms. The van der Waals surface area contributed by atoms with Crippen molar-refractivity contribution in [3.8, 4) is 0 Å². The smallest absolute Gasteiger partial charge is 0.337 e. The lowest BCUT2D eigenvalue weighted by atomic mass is 10.1. The second-order valence-corrected chi connectivity index (χ2v) is 4.59. The van der Waals surface area contributed by atoms with Crippen LogP contribution in [0.2, 0.25) is 0 Å². The number of rotatable bonds is 10. The van der Waals surface area contributed by atoms with E-state index in [0.717, 1.165) is 12.5 Å². The Kier molecular flexibility index (Phi) is 8.83. The molecular formula is C14H24O6. The van der Waals surface area contributed by atoms with Gasteiger partial charge in [0.1, 0.15) is 13.2 Å². The third-order valence-corrected chi connectivity index (χ3v) is 2.64. The number of esters is 2. The predicted octanol–water partition coefficient (Wildman–Crippen LogP) is 1.48. The molecule has 1 atom stereocenters. The number of carbonyl (C=O) groups excluding carboxylic acids is 2. The summed E-state index contributed by atoms with van der Waals surface area (Å²) in [5.41, 5.74) is -1.10. The van der Waals surface area contributed by atoms with E-state index in [9.17, 15) is 9.59 Å². The highest BCUT2D eigenvalue weighted by molar-refractivity contribution is 5.81. The van der Waals surface area contributed by atoms with Crippen LogP contribution in [0.3, 0.4) is 0 Å². The Morgan fingerprint density at radius 1 is 1.25 bits per heavy atom. The van der Waals surface area contributed by atoms with Gasteiger partial charge in [-0.05, 0) is 20.3 Å². The van der Waals surface area contributed by atoms with Crippen molar-refractivity contribution in [2.45, 2.75) is 38.9 Å². The van der Waals surface area contributed by atoms with E-state index in [-0.39, 0.29) is 25.9 Å². The molecule has 0 heterocycles. The minimum absolute atomic E-state index is 0.0528. The highest BCUT2D eigenvalue weighted by Gasteiger charge is 2.30. The van der Waals surface area contributed by atoms with Crippen LogP contribution in [-0.4, -0.2) is 50.6 Å². The second-order valence-electron chi connectivity index (χ2n) is 4.59. The Bertz CT molecular complexity index is 320. The van der Waals surface area contributed by atoms with E-state index in [4.69, 9.17) is 18.9 Å². The highest BCUT2D eigenvalue weighted by Crippen LogP contribution is 2.12. The molecule has 0 aromatic heterocycles. The van der Waals surface area contributed by atoms with Gasteiger partial charge in [0, 0.05) is 13.2 Å². The Morgan fingerprint density at radius 2 is 1.90 bits per heavy atom. The summed E-state index contributed by atoms with van der Waals surface area (Å²) in [4.78, 5) is 22.7. The lowest BCUT2D eigenvalue weighted by molar-refractivity contribution is -0.173. The van der Waals surface area contributed by atoms with E-state index in [2.05, 4.69) is 6.58 Å². The monoisotopic (exact) mass is 288 g/mol. The van der Waals surface area contributed by atoms with Gasteiger partial charge in [0.15, 0.2) is 5.60 Å². The maximum absolute atomic E-state index is 11.9. The lowest BCUT2D eigenvalue weighted by Crippen LogP contribution is -2.39. The van der Waals surface area contributed by atoms with E-state index in [1.165, 1.54) is 0 Å². The van der Waals surface area contributed by atoms with Crippen molar-refractivity contribution in [2.75, 3.05) is 26.9 Å². The number of methoxy groups -OCH3 is 1. The molecule has 0 aromatic rings. The van der Waals surface area contributed by atoms with Crippen molar-refractivity contribution in [3.05, 3.63) is 12.7 Å². The molecule has 0 amide bonds. The summed E-state index contributed by atoms with van der Waals surface area (Å²) in [7, 11) is 1.57.